The smallest absolute Gasteiger partial charge is 0.262 e. The Labute approximate surface area is 172 Å². The van der Waals surface area contributed by atoms with E-state index in [1.807, 2.05) is 53.4 Å². The molecular formula is C21H22N4O3S. The molecule has 0 saturated carbocycles. The number of carbonyl (C=O) groups is 2. The van der Waals surface area contributed by atoms with Gasteiger partial charge in [0.2, 0.25) is 5.91 Å². The molecule has 0 unspecified atom stereocenters. The summed E-state index contributed by atoms with van der Waals surface area (Å²) in [5, 5.41) is 3.51. The first-order valence-corrected chi connectivity index (χ1v) is 10.2. The van der Waals surface area contributed by atoms with Gasteiger partial charge in [0, 0.05) is 14.1 Å². The summed E-state index contributed by atoms with van der Waals surface area (Å²) >= 11 is 1.59. The Kier molecular flexibility index (Phi) is 5.35. The first-order valence-electron chi connectivity index (χ1n) is 9.36. The predicted octanol–water partition coefficient (Wildman–Crippen LogP) is 2.27. The Hall–Kier alpha value is -3.13. The summed E-state index contributed by atoms with van der Waals surface area (Å²) in [4.78, 5) is 33.2. The van der Waals surface area contributed by atoms with Crippen LogP contribution in [-0.2, 0) is 16.1 Å². The molecule has 1 aromatic heterocycles. The SMILES string of the molecule is CNC(=O)[C@H]1CN(CC(=O)N(C)Cc2nc3ccccc3s2)c2ccccc2O1. The molecule has 1 N–H and O–H groups in total. The summed E-state index contributed by atoms with van der Waals surface area (Å²) in [6, 6.07) is 15.4. The Morgan fingerprint density at radius 3 is 2.79 bits per heavy atom. The van der Waals surface area contributed by atoms with Crippen molar-refractivity contribution in [2.75, 3.05) is 32.1 Å². The number of thiazole rings is 1. The van der Waals surface area contributed by atoms with Gasteiger partial charge < -0.3 is 19.9 Å². The number of fused-ring (bicyclic) bond motifs is 2. The van der Waals surface area contributed by atoms with Crippen molar-refractivity contribution in [2.45, 2.75) is 12.6 Å². The highest BCUT2D eigenvalue weighted by molar-refractivity contribution is 7.18. The lowest BCUT2D eigenvalue weighted by molar-refractivity contribution is -0.130. The van der Waals surface area contributed by atoms with Gasteiger partial charge in [0.1, 0.15) is 10.8 Å². The summed E-state index contributed by atoms with van der Waals surface area (Å²) in [5.74, 6) is 0.352. The highest BCUT2D eigenvalue weighted by atomic mass is 32.1. The Bertz CT molecular complexity index is 1020. The molecule has 7 nitrogen and oxygen atoms in total. The van der Waals surface area contributed by atoms with E-state index in [1.54, 1.807) is 30.3 Å². The minimum absolute atomic E-state index is 0.0448. The number of likely N-dealkylation sites (N-methyl/N-ethyl adjacent to an activating group) is 2. The molecule has 0 fully saturated rings. The van der Waals surface area contributed by atoms with Crippen molar-refractivity contribution >= 4 is 39.1 Å². The number of rotatable bonds is 5. The standard InChI is InChI=1S/C21H22N4O3S/c1-22-21(27)17-11-25(15-8-4-5-9-16(15)28-17)13-20(26)24(2)12-19-23-14-7-3-6-10-18(14)29-19/h3-10,17H,11-13H2,1-2H3,(H,22,27)/t17-/m1/s1. The van der Waals surface area contributed by atoms with Gasteiger partial charge in [-0.25, -0.2) is 4.98 Å². The molecule has 0 spiro atoms. The largest absolute Gasteiger partial charge is 0.477 e. The van der Waals surface area contributed by atoms with E-state index in [9.17, 15) is 9.59 Å². The molecule has 4 rings (SSSR count). The van der Waals surface area contributed by atoms with Crippen LogP contribution in [0.4, 0.5) is 5.69 Å². The molecule has 2 aromatic carbocycles. The molecule has 150 valence electrons. The molecule has 2 amide bonds. The van der Waals surface area contributed by atoms with Crippen molar-refractivity contribution in [2.24, 2.45) is 0 Å². The van der Waals surface area contributed by atoms with E-state index in [0.29, 0.717) is 18.8 Å². The zero-order valence-electron chi connectivity index (χ0n) is 16.3. The summed E-state index contributed by atoms with van der Waals surface area (Å²) in [6.45, 7) is 0.926. The number of nitrogens with zero attached hydrogens (tertiary/aromatic N) is 3. The fraction of sp³-hybridized carbons (Fsp3) is 0.286. The molecular weight excluding hydrogens is 388 g/mol. The van der Waals surface area contributed by atoms with E-state index in [1.165, 1.54) is 0 Å². The zero-order chi connectivity index (χ0) is 20.4. The van der Waals surface area contributed by atoms with E-state index in [4.69, 9.17) is 4.74 Å². The van der Waals surface area contributed by atoms with Crippen molar-refractivity contribution in [1.29, 1.82) is 0 Å². The number of hydrogen-bond acceptors (Lipinski definition) is 6. The molecule has 2 heterocycles. The van der Waals surface area contributed by atoms with Crippen LogP contribution in [0.15, 0.2) is 48.5 Å². The molecule has 0 saturated heterocycles. The third kappa shape index (κ3) is 4.02. The van der Waals surface area contributed by atoms with Crippen LogP contribution >= 0.6 is 11.3 Å². The maximum atomic E-state index is 12.9. The van der Waals surface area contributed by atoms with E-state index in [2.05, 4.69) is 10.3 Å². The van der Waals surface area contributed by atoms with Crippen LogP contribution in [0.5, 0.6) is 5.75 Å². The second-order valence-electron chi connectivity index (χ2n) is 6.89. The highest BCUT2D eigenvalue weighted by Gasteiger charge is 2.31. The number of para-hydroxylation sites is 3. The molecule has 0 bridgehead atoms. The predicted molar refractivity (Wildman–Crippen MR) is 113 cm³/mol. The van der Waals surface area contributed by atoms with Crippen LogP contribution in [0.3, 0.4) is 0 Å². The fourth-order valence-corrected chi connectivity index (χ4v) is 4.34. The Morgan fingerprint density at radius 2 is 2.00 bits per heavy atom. The minimum Gasteiger partial charge on any atom is -0.477 e. The minimum atomic E-state index is -0.655. The van der Waals surface area contributed by atoms with Gasteiger partial charge in [-0.1, -0.05) is 24.3 Å². The Morgan fingerprint density at radius 1 is 1.24 bits per heavy atom. The van der Waals surface area contributed by atoms with E-state index in [-0.39, 0.29) is 18.4 Å². The van der Waals surface area contributed by atoms with Gasteiger partial charge in [0.05, 0.1) is 35.5 Å². The van der Waals surface area contributed by atoms with Crippen LogP contribution < -0.4 is 15.0 Å². The average molecular weight is 410 g/mol. The maximum Gasteiger partial charge on any atom is 0.262 e. The van der Waals surface area contributed by atoms with Crippen molar-refractivity contribution in [3.63, 3.8) is 0 Å². The zero-order valence-corrected chi connectivity index (χ0v) is 17.1. The lowest BCUT2D eigenvalue weighted by atomic mass is 10.1. The van der Waals surface area contributed by atoms with Crippen LogP contribution in [0.25, 0.3) is 10.2 Å². The second-order valence-corrected chi connectivity index (χ2v) is 8.01. The van der Waals surface area contributed by atoms with Gasteiger partial charge in [-0.2, -0.15) is 0 Å². The van der Waals surface area contributed by atoms with Crippen LogP contribution in [0, 0.1) is 0 Å². The van der Waals surface area contributed by atoms with Crippen LogP contribution in [0.2, 0.25) is 0 Å². The number of benzene rings is 2. The molecule has 0 aliphatic carbocycles. The number of nitrogens with one attached hydrogen (secondary N) is 1. The third-order valence-electron chi connectivity index (χ3n) is 4.86. The van der Waals surface area contributed by atoms with E-state index in [0.717, 1.165) is 20.9 Å². The number of aromatic nitrogens is 1. The molecule has 0 radical (unpaired) electrons. The third-order valence-corrected chi connectivity index (χ3v) is 5.88. The van der Waals surface area contributed by atoms with E-state index < -0.39 is 6.10 Å². The van der Waals surface area contributed by atoms with Crippen molar-refractivity contribution in [1.82, 2.24) is 15.2 Å². The molecule has 8 heteroatoms. The Balaban J connectivity index is 1.48. The first-order chi connectivity index (χ1) is 14.0. The second kappa shape index (κ2) is 8.08. The number of hydrogen-bond donors (Lipinski definition) is 1. The normalized spacial score (nSPS) is 15.5. The molecule has 1 atom stereocenters. The van der Waals surface area contributed by atoms with Gasteiger partial charge in [-0.15, -0.1) is 11.3 Å². The van der Waals surface area contributed by atoms with Crippen LogP contribution in [-0.4, -0.2) is 55.0 Å². The van der Waals surface area contributed by atoms with Gasteiger partial charge >= 0.3 is 0 Å². The fourth-order valence-electron chi connectivity index (χ4n) is 3.32. The molecule has 1 aliphatic heterocycles. The van der Waals surface area contributed by atoms with Gasteiger partial charge in [0.15, 0.2) is 6.10 Å². The van der Waals surface area contributed by atoms with Crippen molar-refractivity contribution in [3.05, 3.63) is 53.5 Å². The van der Waals surface area contributed by atoms with E-state index >= 15 is 0 Å². The molecule has 1 aliphatic rings. The van der Waals surface area contributed by atoms with Crippen LogP contribution in [0.1, 0.15) is 5.01 Å². The topological polar surface area (TPSA) is 74.8 Å². The number of ether oxygens (including phenoxy) is 1. The summed E-state index contributed by atoms with van der Waals surface area (Å²) in [6.07, 6.45) is -0.655. The van der Waals surface area contributed by atoms with Crippen molar-refractivity contribution in [3.8, 4) is 5.75 Å². The number of anilines is 1. The lowest BCUT2D eigenvalue weighted by Gasteiger charge is -2.35. The average Bonchev–Trinajstić information content (AvgIpc) is 3.15. The summed E-state index contributed by atoms with van der Waals surface area (Å²) in [7, 11) is 3.35. The maximum absolute atomic E-state index is 12.9. The highest BCUT2D eigenvalue weighted by Crippen LogP contribution is 2.33. The summed E-state index contributed by atoms with van der Waals surface area (Å²) < 4.78 is 6.91. The van der Waals surface area contributed by atoms with Crippen molar-refractivity contribution < 1.29 is 14.3 Å². The number of carbonyl (C=O) groups excluding carboxylic acids is 2. The lowest BCUT2D eigenvalue weighted by Crippen LogP contribution is -2.50. The first kappa shape index (κ1) is 19.2. The van der Waals surface area contributed by atoms with Gasteiger partial charge in [-0.05, 0) is 24.3 Å². The number of amides is 2. The molecule has 29 heavy (non-hydrogen) atoms. The molecule has 3 aromatic rings. The quantitative estimate of drug-likeness (QED) is 0.699. The van der Waals surface area contributed by atoms with Gasteiger partial charge in [-0.3, -0.25) is 9.59 Å². The monoisotopic (exact) mass is 410 g/mol. The van der Waals surface area contributed by atoms with Gasteiger partial charge in [0.25, 0.3) is 5.91 Å². The summed E-state index contributed by atoms with van der Waals surface area (Å²) in [5.41, 5.74) is 1.76.